The summed E-state index contributed by atoms with van der Waals surface area (Å²) in [5.74, 6) is 0.504. The Morgan fingerprint density at radius 3 is 2.90 bits per heavy atom. The predicted octanol–water partition coefficient (Wildman–Crippen LogP) is 2.65. The molecule has 5 nitrogen and oxygen atoms in total. The maximum absolute atomic E-state index is 12.1. The number of aromatic amines is 1. The molecule has 0 fully saturated rings. The summed E-state index contributed by atoms with van der Waals surface area (Å²) in [4.78, 5) is 0. The number of aromatic nitrogens is 3. The zero-order valence-corrected chi connectivity index (χ0v) is 11.4. The molecule has 1 aromatic carbocycles. The topological polar surface area (TPSA) is 70.9 Å². The predicted molar refractivity (Wildman–Crippen MR) is 80.6 cm³/mol. The zero-order valence-electron chi connectivity index (χ0n) is 10.6. The van der Waals surface area contributed by atoms with Crippen LogP contribution in [0.15, 0.2) is 42.8 Å². The van der Waals surface area contributed by atoms with Crippen molar-refractivity contribution in [3.05, 3.63) is 64.6 Å². The van der Waals surface area contributed by atoms with Crippen LogP contribution in [0.3, 0.4) is 0 Å². The second-order valence-corrected chi connectivity index (χ2v) is 6.20. The van der Waals surface area contributed by atoms with Crippen LogP contribution in [0.5, 0.6) is 0 Å². The van der Waals surface area contributed by atoms with Crippen molar-refractivity contribution in [1.29, 1.82) is 0 Å². The minimum atomic E-state index is -3.36. The Balaban J connectivity index is 2.41. The summed E-state index contributed by atoms with van der Waals surface area (Å²) >= 11 is 0. The minimum absolute atomic E-state index is 0.0766. The minimum Gasteiger partial charge on any atom is -0.308 e. The highest BCUT2D eigenvalue weighted by Crippen LogP contribution is 2.27. The third kappa shape index (κ3) is 1.77. The molecule has 0 saturated heterocycles. The van der Waals surface area contributed by atoms with Crippen LogP contribution in [0.2, 0.25) is 0 Å². The van der Waals surface area contributed by atoms with Crippen molar-refractivity contribution in [2.45, 2.75) is 0 Å². The van der Waals surface area contributed by atoms with Crippen molar-refractivity contribution in [3.8, 4) is 0 Å². The van der Waals surface area contributed by atoms with Crippen LogP contribution in [0.25, 0.3) is 17.8 Å². The van der Waals surface area contributed by atoms with Crippen molar-refractivity contribution in [1.82, 2.24) is 14.8 Å². The van der Waals surface area contributed by atoms with Gasteiger partial charge in [0.05, 0.1) is 0 Å². The number of fused-ring (bicyclic) bond motifs is 2. The molecular formula is C14H13N3O2S. The van der Waals surface area contributed by atoms with Gasteiger partial charge in [-0.1, -0.05) is 37.4 Å². The van der Waals surface area contributed by atoms with Gasteiger partial charge in [0.15, 0.2) is 5.82 Å². The molecule has 0 saturated carbocycles. The second kappa shape index (κ2) is 4.36. The molecule has 2 N–H and O–H groups in total. The van der Waals surface area contributed by atoms with E-state index in [1.54, 1.807) is 6.20 Å². The summed E-state index contributed by atoms with van der Waals surface area (Å²) in [6, 6.07) is 7.74. The highest BCUT2D eigenvalue weighted by atomic mass is 32.2. The fourth-order valence-corrected chi connectivity index (χ4v) is 2.90. The van der Waals surface area contributed by atoms with E-state index in [0.717, 1.165) is 16.5 Å². The quantitative estimate of drug-likeness (QED) is 0.676. The standard InChI is InChI=1S/C14H13N3O2S/c1-3-20(18,19)14-16-15-13-10(2)12-7-5-4-6-11(12)8-9-17(13)14/h3-9,16H,1-2H2,(H,18,19). The van der Waals surface area contributed by atoms with Crippen LogP contribution >= 0.6 is 0 Å². The smallest absolute Gasteiger partial charge is 0.216 e. The van der Waals surface area contributed by atoms with Gasteiger partial charge in [-0.2, -0.15) is 5.10 Å². The van der Waals surface area contributed by atoms with Crippen LogP contribution in [-0.2, 0) is 9.80 Å². The molecule has 3 rings (SSSR count). The Morgan fingerprint density at radius 1 is 1.40 bits per heavy atom. The van der Waals surface area contributed by atoms with Crippen LogP contribution in [-0.4, -0.2) is 23.5 Å². The summed E-state index contributed by atoms with van der Waals surface area (Å²) in [6.45, 7) is 7.42. The maximum atomic E-state index is 12.1. The molecule has 1 aromatic heterocycles. The molecule has 1 aliphatic rings. The molecule has 1 atom stereocenters. The van der Waals surface area contributed by atoms with Gasteiger partial charge in [-0.05, 0) is 17.2 Å². The molecule has 0 amide bonds. The van der Waals surface area contributed by atoms with Crippen LogP contribution in [0.1, 0.15) is 17.0 Å². The van der Waals surface area contributed by atoms with E-state index in [2.05, 4.69) is 23.4 Å². The highest BCUT2D eigenvalue weighted by molar-refractivity contribution is 7.92. The first-order chi connectivity index (χ1) is 9.54. The van der Waals surface area contributed by atoms with Crippen LogP contribution in [0.4, 0.5) is 0 Å². The van der Waals surface area contributed by atoms with Crippen molar-refractivity contribution in [2.24, 2.45) is 0 Å². The number of hydrogen-bond donors (Lipinski definition) is 2. The molecule has 0 radical (unpaired) electrons. The third-order valence-corrected chi connectivity index (χ3v) is 4.46. The van der Waals surface area contributed by atoms with Crippen molar-refractivity contribution in [2.75, 3.05) is 0 Å². The maximum Gasteiger partial charge on any atom is 0.216 e. The lowest BCUT2D eigenvalue weighted by Crippen LogP contribution is -2.01. The Hall–Kier alpha value is -2.31. The van der Waals surface area contributed by atoms with Crippen LogP contribution in [0, 0.1) is 4.77 Å². The molecule has 0 bridgehead atoms. The van der Waals surface area contributed by atoms with Gasteiger partial charge in [-0.3, -0.25) is 9.67 Å². The summed E-state index contributed by atoms with van der Waals surface area (Å²) in [7, 11) is -3.36. The van der Waals surface area contributed by atoms with E-state index in [1.165, 1.54) is 4.57 Å². The average molecular weight is 287 g/mol. The van der Waals surface area contributed by atoms with Crippen molar-refractivity contribution >= 4 is 27.7 Å². The summed E-state index contributed by atoms with van der Waals surface area (Å²) in [6.07, 6.45) is 3.55. The first-order valence-electron chi connectivity index (χ1n) is 5.90. The lowest BCUT2D eigenvalue weighted by molar-refractivity contribution is 0.563. The van der Waals surface area contributed by atoms with Gasteiger partial charge in [0.1, 0.15) is 9.80 Å². The second-order valence-electron chi connectivity index (χ2n) is 4.34. The van der Waals surface area contributed by atoms with Gasteiger partial charge in [0.25, 0.3) is 0 Å². The molecule has 1 aliphatic heterocycles. The number of rotatable bonds is 1. The number of benzene rings is 1. The van der Waals surface area contributed by atoms with E-state index in [1.807, 2.05) is 30.3 Å². The van der Waals surface area contributed by atoms with Gasteiger partial charge in [-0.25, -0.2) is 4.21 Å². The lowest BCUT2D eigenvalue weighted by Gasteiger charge is -2.05. The van der Waals surface area contributed by atoms with E-state index < -0.39 is 9.80 Å². The normalized spacial score (nSPS) is 15.9. The van der Waals surface area contributed by atoms with Gasteiger partial charge >= 0.3 is 0 Å². The van der Waals surface area contributed by atoms with Crippen molar-refractivity contribution in [3.63, 3.8) is 0 Å². The van der Waals surface area contributed by atoms with Crippen molar-refractivity contribution < 1.29 is 8.76 Å². The van der Waals surface area contributed by atoms with Crippen LogP contribution < -0.4 is 0 Å². The molecule has 2 heterocycles. The Kier molecular flexibility index (Phi) is 2.77. The summed E-state index contributed by atoms with van der Waals surface area (Å²) in [5.41, 5.74) is 2.61. The first-order valence-corrected chi connectivity index (χ1v) is 7.48. The monoisotopic (exact) mass is 287 g/mol. The third-order valence-electron chi connectivity index (χ3n) is 3.17. The van der Waals surface area contributed by atoms with Gasteiger partial charge in [0, 0.05) is 17.2 Å². The largest absolute Gasteiger partial charge is 0.308 e. The van der Waals surface area contributed by atoms with E-state index in [9.17, 15) is 8.76 Å². The molecule has 1 unspecified atom stereocenters. The molecule has 20 heavy (non-hydrogen) atoms. The summed E-state index contributed by atoms with van der Waals surface area (Å²) < 4.78 is 23.6. The lowest BCUT2D eigenvalue weighted by atomic mass is 10.0. The molecule has 6 heteroatoms. The van der Waals surface area contributed by atoms with E-state index in [-0.39, 0.29) is 4.77 Å². The zero-order chi connectivity index (χ0) is 14.3. The number of nitrogens with one attached hydrogen (secondary N) is 1. The molecule has 2 aromatic rings. The molecular weight excluding hydrogens is 274 g/mol. The number of hydrogen-bond acceptors (Lipinski definition) is 2. The average Bonchev–Trinajstić information content (AvgIpc) is 2.84. The van der Waals surface area contributed by atoms with E-state index >= 15 is 0 Å². The highest BCUT2D eigenvalue weighted by Gasteiger charge is 2.17. The number of H-pyrrole nitrogens is 1. The molecule has 0 spiro atoms. The Morgan fingerprint density at radius 2 is 2.15 bits per heavy atom. The summed E-state index contributed by atoms with van der Waals surface area (Å²) in [5, 5.41) is 7.71. The Bertz CT molecular complexity index is 908. The Labute approximate surface area is 116 Å². The van der Waals surface area contributed by atoms with E-state index in [4.69, 9.17) is 0 Å². The molecule has 102 valence electrons. The first kappa shape index (κ1) is 12.7. The van der Waals surface area contributed by atoms with Gasteiger partial charge < -0.3 is 4.55 Å². The SMILES string of the molecule is C=CS(=O)(O)=c1[nH]nc2n1C=Cc1ccccc1C2=C. The fourth-order valence-electron chi connectivity index (χ4n) is 2.13. The molecule has 0 aliphatic carbocycles. The van der Waals surface area contributed by atoms with Gasteiger partial charge in [-0.15, -0.1) is 0 Å². The fraction of sp³-hybridized carbons (Fsp3) is 0. The van der Waals surface area contributed by atoms with E-state index in [0.29, 0.717) is 11.4 Å². The number of nitrogens with zero attached hydrogens (tertiary/aromatic N) is 2. The van der Waals surface area contributed by atoms with Gasteiger partial charge in [0.2, 0.25) is 4.77 Å².